The molecule has 1 saturated heterocycles. The third kappa shape index (κ3) is 5.45. The van der Waals surface area contributed by atoms with Crippen LogP contribution in [-0.4, -0.2) is 67.0 Å². The largest absolute Gasteiger partial charge is 0.484 e. The molecular formula is C22H29N3O3. The number of benzene rings is 2. The van der Waals surface area contributed by atoms with Gasteiger partial charge in [0.25, 0.3) is 5.91 Å². The lowest BCUT2D eigenvalue weighted by atomic mass is 10.1. The summed E-state index contributed by atoms with van der Waals surface area (Å²) in [5, 5.41) is 5.22. The molecule has 1 aliphatic rings. The Morgan fingerprint density at radius 2 is 1.79 bits per heavy atom. The zero-order valence-corrected chi connectivity index (χ0v) is 16.7. The SMILES string of the molecule is CCC(C)NC(=O)CN1CCN(C(=O)COc2ccc3ccccc3c2)CC1. The zero-order valence-electron chi connectivity index (χ0n) is 16.7. The third-order valence-electron chi connectivity index (χ3n) is 5.20. The maximum Gasteiger partial charge on any atom is 0.260 e. The van der Waals surface area contributed by atoms with Crippen molar-refractivity contribution in [1.82, 2.24) is 15.1 Å². The highest BCUT2D eigenvalue weighted by Gasteiger charge is 2.23. The first-order valence-electron chi connectivity index (χ1n) is 9.96. The maximum absolute atomic E-state index is 12.5. The van der Waals surface area contributed by atoms with E-state index in [1.165, 1.54) is 0 Å². The van der Waals surface area contributed by atoms with Gasteiger partial charge in [-0.25, -0.2) is 0 Å². The van der Waals surface area contributed by atoms with Gasteiger partial charge in [-0.05, 0) is 36.2 Å². The van der Waals surface area contributed by atoms with E-state index >= 15 is 0 Å². The molecule has 28 heavy (non-hydrogen) atoms. The fraction of sp³-hybridized carbons (Fsp3) is 0.455. The molecule has 1 aliphatic heterocycles. The number of hydrogen-bond acceptors (Lipinski definition) is 4. The quantitative estimate of drug-likeness (QED) is 0.797. The molecule has 0 bridgehead atoms. The molecule has 0 aliphatic carbocycles. The van der Waals surface area contributed by atoms with E-state index in [2.05, 4.69) is 17.1 Å². The second kappa shape index (κ2) is 9.55. The molecule has 1 N–H and O–H groups in total. The number of carbonyl (C=O) groups is 2. The van der Waals surface area contributed by atoms with Gasteiger partial charge in [-0.1, -0.05) is 37.3 Å². The molecule has 2 aromatic carbocycles. The molecule has 1 atom stereocenters. The Morgan fingerprint density at radius 1 is 1.07 bits per heavy atom. The van der Waals surface area contributed by atoms with E-state index in [0.717, 1.165) is 17.2 Å². The molecule has 0 saturated carbocycles. The smallest absolute Gasteiger partial charge is 0.260 e. The number of nitrogens with zero attached hydrogens (tertiary/aromatic N) is 2. The van der Waals surface area contributed by atoms with Crippen molar-refractivity contribution >= 4 is 22.6 Å². The van der Waals surface area contributed by atoms with Gasteiger partial charge in [0, 0.05) is 32.2 Å². The summed E-state index contributed by atoms with van der Waals surface area (Å²) in [6.45, 7) is 7.13. The van der Waals surface area contributed by atoms with Crippen molar-refractivity contribution in [2.24, 2.45) is 0 Å². The lowest BCUT2D eigenvalue weighted by Gasteiger charge is -2.34. The van der Waals surface area contributed by atoms with Crippen molar-refractivity contribution < 1.29 is 14.3 Å². The van der Waals surface area contributed by atoms with E-state index in [-0.39, 0.29) is 24.5 Å². The average Bonchev–Trinajstić information content (AvgIpc) is 2.72. The van der Waals surface area contributed by atoms with Gasteiger partial charge >= 0.3 is 0 Å². The first kappa shape index (κ1) is 20.1. The van der Waals surface area contributed by atoms with E-state index in [1.807, 2.05) is 54.3 Å². The van der Waals surface area contributed by atoms with Crippen LogP contribution in [0.5, 0.6) is 5.75 Å². The van der Waals surface area contributed by atoms with E-state index in [9.17, 15) is 9.59 Å². The van der Waals surface area contributed by atoms with Gasteiger partial charge in [-0.15, -0.1) is 0 Å². The van der Waals surface area contributed by atoms with Crippen molar-refractivity contribution in [1.29, 1.82) is 0 Å². The highest BCUT2D eigenvalue weighted by atomic mass is 16.5. The van der Waals surface area contributed by atoms with Crippen LogP contribution in [0.2, 0.25) is 0 Å². The van der Waals surface area contributed by atoms with Crippen molar-refractivity contribution in [3.05, 3.63) is 42.5 Å². The van der Waals surface area contributed by atoms with Crippen LogP contribution in [0.25, 0.3) is 10.8 Å². The molecule has 0 spiro atoms. The lowest BCUT2D eigenvalue weighted by Crippen LogP contribution is -2.52. The fourth-order valence-corrected chi connectivity index (χ4v) is 3.27. The highest BCUT2D eigenvalue weighted by Crippen LogP contribution is 2.20. The molecule has 1 heterocycles. The van der Waals surface area contributed by atoms with Crippen LogP contribution in [0.3, 0.4) is 0 Å². The minimum absolute atomic E-state index is 0.0168. The number of amides is 2. The minimum Gasteiger partial charge on any atom is -0.484 e. The summed E-state index contributed by atoms with van der Waals surface area (Å²) >= 11 is 0. The van der Waals surface area contributed by atoms with Gasteiger partial charge in [-0.3, -0.25) is 14.5 Å². The molecule has 6 heteroatoms. The number of hydrogen-bond donors (Lipinski definition) is 1. The molecule has 150 valence electrons. The molecule has 0 aromatic heterocycles. The Morgan fingerprint density at radius 3 is 2.50 bits per heavy atom. The van der Waals surface area contributed by atoms with Crippen LogP contribution < -0.4 is 10.1 Å². The summed E-state index contributed by atoms with van der Waals surface area (Å²) < 4.78 is 5.71. The molecule has 2 aromatic rings. The number of fused-ring (bicyclic) bond motifs is 1. The predicted octanol–water partition coefficient (Wildman–Crippen LogP) is 2.28. The lowest BCUT2D eigenvalue weighted by molar-refractivity contribution is -0.135. The van der Waals surface area contributed by atoms with Crippen LogP contribution in [0.1, 0.15) is 20.3 Å². The normalized spacial score (nSPS) is 16.0. The van der Waals surface area contributed by atoms with E-state index in [1.54, 1.807) is 0 Å². The zero-order chi connectivity index (χ0) is 19.9. The van der Waals surface area contributed by atoms with E-state index < -0.39 is 0 Å². The van der Waals surface area contributed by atoms with Gasteiger partial charge < -0.3 is 15.0 Å². The number of rotatable bonds is 7. The van der Waals surface area contributed by atoms with Crippen LogP contribution in [0.4, 0.5) is 0 Å². The van der Waals surface area contributed by atoms with Crippen molar-refractivity contribution in [2.45, 2.75) is 26.3 Å². The number of carbonyl (C=O) groups excluding carboxylic acids is 2. The van der Waals surface area contributed by atoms with Gasteiger partial charge in [0.15, 0.2) is 6.61 Å². The Labute approximate surface area is 166 Å². The Balaban J connectivity index is 1.42. The molecule has 1 fully saturated rings. The topological polar surface area (TPSA) is 61.9 Å². The van der Waals surface area contributed by atoms with E-state index in [0.29, 0.717) is 38.5 Å². The van der Waals surface area contributed by atoms with Gasteiger partial charge in [-0.2, -0.15) is 0 Å². The van der Waals surface area contributed by atoms with Crippen LogP contribution in [0.15, 0.2) is 42.5 Å². The van der Waals surface area contributed by atoms with Gasteiger partial charge in [0.1, 0.15) is 5.75 Å². The monoisotopic (exact) mass is 383 g/mol. The van der Waals surface area contributed by atoms with Crippen molar-refractivity contribution in [3.63, 3.8) is 0 Å². The van der Waals surface area contributed by atoms with Gasteiger partial charge in [0.05, 0.1) is 6.54 Å². The molecule has 1 unspecified atom stereocenters. The average molecular weight is 383 g/mol. The summed E-state index contributed by atoms with van der Waals surface area (Å²) in [5.41, 5.74) is 0. The van der Waals surface area contributed by atoms with Crippen LogP contribution in [0, 0.1) is 0 Å². The van der Waals surface area contributed by atoms with Crippen molar-refractivity contribution in [3.8, 4) is 5.75 Å². The summed E-state index contributed by atoms with van der Waals surface area (Å²) in [5.74, 6) is 0.734. The van der Waals surface area contributed by atoms with Crippen LogP contribution in [-0.2, 0) is 9.59 Å². The summed E-state index contributed by atoms with van der Waals surface area (Å²) in [7, 11) is 0. The molecule has 3 rings (SSSR count). The molecular weight excluding hydrogens is 354 g/mol. The summed E-state index contributed by atoms with van der Waals surface area (Å²) in [6.07, 6.45) is 0.922. The van der Waals surface area contributed by atoms with E-state index in [4.69, 9.17) is 4.74 Å². The number of nitrogens with one attached hydrogen (secondary N) is 1. The predicted molar refractivity (Wildman–Crippen MR) is 110 cm³/mol. The number of piperazine rings is 1. The molecule has 0 radical (unpaired) electrons. The first-order chi connectivity index (χ1) is 13.5. The molecule has 6 nitrogen and oxygen atoms in total. The minimum atomic E-state index is -0.0168. The fourth-order valence-electron chi connectivity index (χ4n) is 3.27. The van der Waals surface area contributed by atoms with Crippen LogP contribution >= 0.6 is 0 Å². The summed E-state index contributed by atoms with van der Waals surface area (Å²) in [4.78, 5) is 28.3. The first-order valence-corrected chi connectivity index (χ1v) is 9.96. The maximum atomic E-state index is 12.5. The Kier molecular flexibility index (Phi) is 6.87. The Bertz CT molecular complexity index is 816. The summed E-state index contributed by atoms with van der Waals surface area (Å²) in [6, 6.07) is 14.1. The van der Waals surface area contributed by atoms with Crippen molar-refractivity contribution in [2.75, 3.05) is 39.3 Å². The second-order valence-corrected chi connectivity index (χ2v) is 7.33. The standard InChI is InChI=1S/C22H29N3O3/c1-3-17(2)23-21(26)15-24-10-12-25(13-11-24)22(27)16-28-20-9-8-18-6-4-5-7-19(18)14-20/h4-9,14,17H,3,10-13,15-16H2,1-2H3,(H,23,26). The second-order valence-electron chi connectivity index (χ2n) is 7.33. The third-order valence-corrected chi connectivity index (χ3v) is 5.20. The highest BCUT2D eigenvalue weighted by molar-refractivity contribution is 5.84. The number of ether oxygens (including phenoxy) is 1. The Hall–Kier alpha value is -2.60. The molecule has 2 amide bonds. The van der Waals surface area contributed by atoms with Gasteiger partial charge in [0.2, 0.25) is 5.91 Å².